The fourth-order valence-corrected chi connectivity index (χ4v) is 3.80. The summed E-state index contributed by atoms with van der Waals surface area (Å²) >= 11 is 2.74. The molecule has 6 nitrogen and oxygen atoms in total. The summed E-state index contributed by atoms with van der Waals surface area (Å²) in [6, 6.07) is 6.87. The second kappa shape index (κ2) is 7.20. The predicted molar refractivity (Wildman–Crippen MR) is 100 cm³/mol. The zero-order valence-electron chi connectivity index (χ0n) is 13.8. The van der Waals surface area contributed by atoms with E-state index in [1.807, 2.05) is 12.3 Å². The summed E-state index contributed by atoms with van der Waals surface area (Å²) < 4.78 is 4.67. The number of carbonyl (C=O) groups is 2. The number of nitrogens with zero attached hydrogens (tertiary/aromatic N) is 3. The SMILES string of the molecule is COC(=O)c1ccc(/C=C2\S/C(=N/c3nc(C)cs3)N(C)C2=O)cc1. The Morgan fingerprint density at radius 2 is 2.04 bits per heavy atom. The molecule has 0 saturated carbocycles. The summed E-state index contributed by atoms with van der Waals surface area (Å²) in [6.07, 6.45) is 1.78. The standard InChI is InChI=1S/C17H15N3O3S2/c1-10-9-24-16(18-10)19-17-20(2)14(21)13(25-17)8-11-4-6-12(7-5-11)15(22)23-3/h4-9H,1-3H3/b13-8-,19-17+. The normalized spacial score (nSPS) is 17.6. The first-order valence-corrected chi connectivity index (χ1v) is 9.04. The Hall–Kier alpha value is -2.45. The molecule has 0 N–H and O–H groups in total. The highest BCUT2D eigenvalue weighted by Gasteiger charge is 2.30. The van der Waals surface area contributed by atoms with Gasteiger partial charge in [0.1, 0.15) is 0 Å². The molecule has 0 radical (unpaired) electrons. The first-order valence-electron chi connectivity index (χ1n) is 7.34. The first kappa shape index (κ1) is 17.4. The maximum atomic E-state index is 12.4. The number of thiazole rings is 1. The minimum atomic E-state index is -0.390. The van der Waals surface area contributed by atoms with Crippen molar-refractivity contribution in [1.29, 1.82) is 0 Å². The Labute approximate surface area is 153 Å². The Balaban J connectivity index is 1.83. The highest BCUT2D eigenvalue weighted by atomic mass is 32.2. The van der Waals surface area contributed by atoms with Gasteiger partial charge in [0.2, 0.25) is 5.13 Å². The Bertz CT molecular complexity index is 885. The fourth-order valence-electron chi connectivity index (χ4n) is 2.11. The fraction of sp³-hybridized carbons (Fsp3) is 0.176. The topological polar surface area (TPSA) is 71.9 Å². The van der Waals surface area contributed by atoms with E-state index >= 15 is 0 Å². The number of hydrogen-bond donors (Lipinski definition) is 0. The molecular formula is C17H15N3O3S2. The molecule has 1 saturated heterocycles. The number of ether oxygens (including phenoxy) is 1. The molecule has 1 amide bonds. The Morgan fingerprint density at radius 1 is 1.32 bits per heavy atom. The van der Waals surface area contributed by atoms with E-state index in [1.165, 1.54) is 35.1 Å². The second-order valence-corrected chi connectivity index (χ2v) is 7.10. The zero-order chi connectivity index (χ0) is 18.0. The molecule has 1 aliphatic rings. The van der Waals surface area contributed by atoms with Crippen molar-refractivity contribution in [3.8, 4) is 0 Å². The highest BCUT2D eigenvalue weighted by molar-refractivity contribution is 8.18. The summed E-state index contributed by atoms with van der Waals surface area (Å²) in [5.74, 6) is -0.507. The van der Waals surface area contributed by atoms with Crippen molar-refractivity contribution < 1.29 is 14.3 Å². The second-order valence-electron chi connectivity index (χ2n) is 5.25. The summed E-state index contributed by atoms with van der Waals surface area (Å²) in [7, 11) is 3.03. The van der Waals surface area contributed by atoms with Crippen LogP contribution in [0.1, 0.15) is 21.6 Å². The van der Waals surface area contributed by atoms with Crippen molar-refractivity contribution >= 4 is 51.4 Å². The van der Waals surface area contributed by atoms with Crippen LogP contribution in [0.4, 0.5) is 5.13 Å². The largest absolute Gasteiger partial charge is 0.465 e. The number of rotatable bonds is 3. The molecule has 0 unspecified atom stereocenters. The van der Waals surface area contributed by atoms with Crippen molar-refractivity contribution in [2.75, 3.05) is 14.2 Å². The minimum Gasteiger partial charge on any atom is -0.465 e. The molecule has 0 atom stereocenters. The summed E-state index contributed by atoms with van der Waals surface area (Å²) in [6.45, 7) is 1.90. The number of aliphatic imine (C=N–C) groups is 1. The maximum absolute atomic E-state index is 12.4. The Morgan fingerprint density at radius 3 is 2.64 bits per heavy atom. The Kier molecular flexibility index (Phi) is 5.00. The zero-order valence-corrected chi connectivity index (χ0v) is 15.5. The van der Waals surface area contributed by atoms with Crippen LogP contribution in [0.15, 0.2) is 39.5 Å². The van der Waals surface area contributed by atoms with Crippen molar-refractivity contribution in [3.05, 3.63) is 51.4 Å². The number of carbonyl (C=O) groups excluding carboxylic acids is 2. The lowest BCUT2D eigenvalue weighted by molar-refractivity contribution is -0.121. The number of likely N-dealkylation sites (N-methyl/N-ethyl adjacent to an activating group) is 1. The lowest BCUT2D eigenvalue weighted by atomic mass is 10.1. The summed E-state index contributed by atoms with van der Waals surface area (Å²) in [4.78, 5) is 34.7. The van der Waals surface area contributed by atoms with E-state index in [0.29, 0.717) is 20.8 Å². The van der Waals surface area contributed by atoms with Gasteiger partial charge in [-0.1, -0.05) is 12.1 Å². The van der Waals surface area contributed by atoms with Crippen LogP contribution in [-0.2, 0) is 9.53 Å². The molecule has 1 aromatic carbocycles. The van der Waals surface area contributed by atoms with Crippen LogP contribution in [-0.4, -0.2) is 41.1 Å². The van der Waals surface area contributed by atoms with E-state index in [-0.39, 0.29) is 5.91 Å². The molecular weight excluding hydrogens is 358 g/mol. The predicted octanol–water partition coefficient (Wildman–Crippen LogP) is 3.47. The molecule has 0 aliphatic carbocycles. The highest BCUT2D eigenvalue weighted by Crippen LogP contribution is 2.33. The van der Waals surface area contributed by atoms with E-state index in [4.69, 9.17) is 0 Å². The minimum absolute atomic E-state index is 0.117. The molecule has 1 fully saturated rings. The van der Waals surface area contributed by atoms with Gasteiger partial charge in [0.05, 0.1) is 23.3 Å². The van der Waals surface area contributed by atoms with Gasteiger partial charge in [0, 0.05) is 12.4 Å². The first-order chi connectivity index (χ1) is 12.0. The average molecular weight is 373 g/mol. The summed E-state index contributed by atoms with van der Waals surface area (Å²) in [5, 5.41) is 3.14. The van der Waals surface area contributed by atoms with Crippen molar-refractivity contribution in [3.63, 3.8) is 0 Å². The van der Waals surface area contributed by atoms with Gasteiger partial charge in [0.25, 0.3) is 5.91 Å². The molecule has 25 heavy (non-hydrogen) atoms. The maximum Gasteiger partial charge on any atom is 0.337 e. The number of aryl methyl sites for hydroxylation is 1. The molecule has 0 spiro atoms. The van der Waals surface area contributed by atoms with E-state index in [0.717, 1.165) is 11.3 Å². The van der Waals surface area contributed by atoms with Crippen LogP contribution in [0.5, 0.6) is 0 Å². The molecule has 3 rings (SSSR count). The van der Waals surface area contributed by atoms with Crippen LogP contribution < -0.4 is 0 Å². The van der Waals surface area contributed by atoms with Gasteiger partial charge in [-0.2, -0.15) is 4.99 Å². The molecule has 8 heteroatoms. The number of amides is 1. The van der Waals surface area contributed by atoms with Crippen LogP contribution in [0.2, 0.25) is 0 Å². The number of hydrogen-bond acceptors (Lipinski definition) is 7. The summed E-state index contributed by atoms with van der Waals surface area (Å²) in [5.41, 5.74) is 2.19. The van der Waals surface area contributed by atoms with Gasteiger partial charge in [-0.25, -0.2) is 9.78 Å². The number of amidine groups is 1. The van der Waals surface area contributed by atoms with Crippen LogP contribution in [0.25, 0.3) is 6.08 Å². The van der Waals surface area contributed by atoms with Crippen LogP contribution in [0.3, 0.4) is 0 Å². The molecule has 2 aromatic rings. The van der Waals surface area contributed by atoms with Gasteiger partial charge in [-0.05, 0) is 42.5 Å². The van der Waals surface area contributed by atoms with Gasteiger partial charge in [-0.15, -0.1) is 11.3 Å². The van der Waals surface area contributed by atoms with Gasteiger partial charge in [0.15, 0.2) is 5.17 Å². The van der Waals surface area contributed by atoms with Gasteiger partial charge >= 0.3 is 5.97 Å². The lowest BCUT2D eigenvalue weighted by Crippen LogP contribution is -2.23. The van der Waals surface area contributed by atoms with Gasteiger partial charge in [-0.3, -0.25) is 9.69 Å². The average Bonchev–Trinajstić information content (AvgIpc) is 3.14. The van der Waals surface area contributed by atoms with Crippen molar-refractivity contribution in [1.82, 2.24) is 9.88 Å². The van der Waals surface area contributed by atoms with E-state index in [9.17, 15) is 9.59 Å². The number of benzene rings is 1. The van der Waals surface area contributed by atoms with Crippen LogP contribution >= 0.6 is 23.1 Å². The van der Waals surface area contributed by atoms with E-state index in [2.05, 4.69) is 14.7 Å². The third-order valence-corrected chi connectivity index (χ3v) is 5.34. The smallest absolute Gasteiger partial charge is 0.337 e. The van der Waals surface area contributed by atoms with E-state index < -0.39 is 5.97 Å². The van der Waals surface area contributed by atoms with Crippen LogP contribution in [0, 0.1) is 6.92 Å². The quantitative estimate of drug-likeness (QED) is 0.608. The number of esters is 1. The monoisotopic (exact) mass is 373 g/mol. The number of methoxy groups -OCH3 is 1. The third kappa shape index (κ3) is 3.80. The number of aromatic nitrogens is 1. The molecule has 128 valence electrons. The third-order valence-electron chi connectivity index (χ3n) is 3.43. The molecule has 1 aromatic heterocycles. The molecule has 2 heterocycles. The van der Waals surface area contributed by atoms with E-state index in [1.54, 1.807) is 37.4 Å². The molecule has 0 bridgehead atoms. The van der Waals surface area contributed by atoms with Crippen molar-refractivity contribution in [2.45, 2.75) is 6.92 Å². The molecule has 1 aliphatic heterocycles. The number of thioether (sulfide) groups is 1. The van der Waals surface area contributed by atoms with Crippen molar-refractivity contribution in [2.24, 2.45) is 4.99 Å². The van der Waals surface area contributed by atoms with Gasteiger partial charge < -0.3 is 4.74 Å². The lowest BCUT2D eigenvalue weighted by Gasteiger charge is -2.05.